The monoisotopic (exact) mass is 382 g/mol. The van der Waals surface area contributed by atoms with E-state index >= 15 is 0 Å². The van der Waals surface area contributed by atoms with Crippen LogP contribution in [0.3, 0.4) is 0 Å². The normalized spacial score (nSPS) is 23.3. The first-order chi connectivity index (χ1) is 11.6. The van der Waals surface area contributed by atoms with Gasteiger partial charge in [0, 0.05) is 35.7 Å². The standard InChI is InChI=1S/C17H20Cl2N4S/c18-17(19)10-13(17)11-24-16-22-21-15(12-6-8-20-9-7-12)23(16)14-4-2-1-3-5-14/h6-9,13-14H,1-5,10-11H2. The van der Waals surface area contributed by atoms with Crippen LogP contribution >= 0.6 is 35.0 Å². The fourth-order valence-corrected chi connectivity index (χ4v) is 5.30. The van der Waals surface area contributed by atoms with Gasteiger partial charge in [-0.15, -0.1) is 33.4 Å². The highest BCUT2D eigenvalue weighted by Crippen LogP contribution is 2.55. The maximum Gasteiger partial charge on any atom is 0.191 e. The molecule has 0 saturated heterocycles. The first-order valence-electron chi connectivity index (χ1n) is 8.51. The van der Waals surface area contributed by atoms with E-state index in [0.29, 0.717) is 12.0 Å². The molecule has 0 radical (unpaired) electrons. The number of halogens is 2. The van der Waals surface area contributed by atoms with Crippen LogP contribution in [0, 0.1) is 5.92 Å². The average molecular weight is 383 g/mol. The molecule has 2 aliphatic carbocycles. The number of aromatic nitrogens is 4. The quantitative estimate of drug-likeness (QED) is 0.530. The number of rotatable bonds is 5. The predicted molar refractivity (Wildman–Crippen MR) is 98.6 cm³/mol. The van der Waals surface area contributed by atoms with E-state index in [0.717, 1.165) is 28.7 Å². The van der Waals surface area contributed by atoms with E-state index in [1.807, 2.05) is 24.5 Å². The summed E-state index contributed by atoms with van der Waals surface area (Å²) in [6.45, 7) is 0. The van der Waals surface area contributed by atoms with E-state index in [1.54, 1.807) is 11.8 Å². The maximum atomic E-state index is 6.17. The summed E-state index contributed by atoms with van der Waals surface area (Å²) in [4.78, 5) is 4.11. The van der Waals surface area contributed by atoms with Gasteiger partial charge in [-0.25, -0.2) is 0 Å². The molecule has 0 spiro atoms. The second-order valence-electron chi connectivity index (χ2n) is 6.68. The first kappa shape index (κ1) is 16.7. The molecular formula is C17H20Cl2N4S. The third kappa shape index (κ3) is 3.44. The highest BCUT2D eigenvalue weighted by Gasteiger charge is 2.51. The second kappa shape index (κ2) is 6.85. The van der Waals surface area contributed by atoms with Gasteiger partial charge in [-0.2, -0.15) is 0 Å². The first-order valence-corrected chi connectivity index (χ1v) is 10.3. The van der Waals surface area contributed by atoms with Crippen molar-refractivity contribution < 1.29 is 0 Å². The van der Waals surface area contributed by atoms with Gasteiger partial charge in [-0.1, -0.05) is 31.0 Å². The van der Waals surface area contributed by atoms with Gasteiger partial charge in [-0.05, 0) is 31.4 Å². The van der Waals surface area contributed by atoms with Gasteiger partial charge in [0.2, 0.25) is 0 Å². The highest BCUT2D eigenvalue weighted by atomic mass is 35.5. The molecule has 7 heteroatoms. The average Bonchev–Trinajstić information content (AvgIpc) is 3.04. The molecule has 2 saturated carbocycles. The fraction of sp³-hybridized carbons (Fsp3) is 0.588. The molecule has 24 heavy (non-hydrogen) atoms. The minimum Gasteiger partial charge on any atom is -0.299 e. The molecule has 2 fully saturated rings. The number of hydrogen-bond donors (Lipinski definition) is 0. The number of nitrogens with zero attached hydrogens (tertiary/aromatic N) is 4. The van der Waals surface area contributed by atoms with Crippen molar-refractivity contribution in [1.29, 1.82) is 0 Å². The zero-order valence-electron chi connectivity index (χ0n) is 13.4. The lowest BCUT2D eigenvalue weighted by Gasteiger charge is -2.25. The Morgan fingerprint density at radius 2 is 1.83 bits per heavy atom. The van der Waals surface area contributed by atoms with Crippen LogP contribution in [0.5, 0.6) is 0 Å². The Hall–Kier alpha value is -0.780. The Morgan fingerprint density at radius 3 is 2.50 bits per heavy atom. The molecule has 128 valence electrons. The van der Waals surface area contributed by atoms with Crippen LogP contribution in [0.4, 0.5) is 0 Å². The van der Waals surface area contributed by atoms with Gasteiger partial charge in [0.25, 0.3) is 0 Å². The number of hydrogen-bond acceptors (Lipinski definition) is 4. The molecular weight excluding hydrogens is 363 g/mol. The zero-order valence-corrected chi connectivity index (χ0v) is 15.7. The molecule has 2 aliphatic rings. The Morgan fingerprint density at radius 1 is 1.12 bits per heavy atom. The molecule has 0 aromatic carbocycles. The summed E-state index contributed by atoms with van der Waals surface area (Å²) < 4.78 is 1.81. The maximum absolute atomic E-state index is 6.17. The summed E-state index contributed by atoms with van der Waals surface area (Å²) in [5.41, 5.74) is 1.07. The van der Waals surface area contributed by atoms with Crippen LogP contribution in [-0.4, -0.2) is 29.8 Å². The largest absolute Gasteiger partial charge is 0.299 e. The molecule has 0 aliphatic heterocycles. The van der Waals surface area contributed by atoms with E-state index in [4.69, 9.17) is 23.2 Å². The van der Waals surface area contributed by atoms with Crippen molar-refractivity contribution in [2.75, 3.05) is 5.75 Å². The van der Waals surface area contributed by atoms with Gasteiger partial charge < -0.3 is 0 Å². The van der Waals surface area contributed by atoms with Crippen LogP contribution < -0.4 is 0 Å². The molecule has 2 aromatic rings. The van der Waals surface area contributed by atoms with Crippen LogP contribution in [0.25, 0.3) is 11.4 Å². The van der Waals surface area contributed by atoms with Crippen molar-refractivity contribution in [2.45, 2.75) is 54.1 Å². The Balaban J connectivity index is 1.61. The van der Waals surface area contributed by atoms with Crippen molar-refractivity contribution in [1.82, 2.24) is 19.7 Å². The highest BCUT2D eigenvalue weighted by molar-refractivity contribution is 7.99. The molecule has 0 amide bonds. The van der Waals surface area contributed by atoms with Crippen molar-refractivity contribution in [2.24, 2.45) is 5.92 Å². The molecule has 4 nitrogen and oxygen atoms in total. The third-order valence-electron chi connectivity index (χ3n) is 4.91. The Kier molecular flexibility index (Phi) is 4.76. The smallest absolute Gasteiger partial charge is 0.191 e. The van der Waals surface area contributed by atoms with Crippen LogP contribution in [-0.2, 0) is 0 Å². The Labute approximate surface area is 156 Å². The van der Waals surface area contributed by atoms with Crippen LogP contribution in [0.2, 0.25) is 0 Å². The minimum absolute atomic E-state index is 0.353. The third-order valence-corrected chi connectivity index (χ3v) is 6.94. The molecule has 1 atom stereocenters. The lowest BCUT2D eigenvalue weighted by atomic mass is 9.95. The molecule has 2 heterocycles. The van der Waals surface area contributed by atoms with E-state index in [1.165, 1.54) is 32.1 Å². The molecule has 2 aromatic heterocycles. The summed E-state index contributed by atoms with van der Waals surface area (Å²) in [7, 11) is 0. The van der Waals surface area contributed by atoms with Gasteiger partial charge in [0.1, 0.15) is 4.33 Å². The topological polar surface area (TPSA) is 43.6 Å². The van der Waals surface area contributed by atoms with E-state index in [-0.39, 0.29) is 0 Å². The summed E-state index contributed by atoms with van der Waals surface area (Å²) in [5, 5.41) is 9.97. The van der Waals surface area contributed by atoms with E-state index in [9.17, 15) is 0 Å². The molecule has 1 unspecified atom stereocenters. The number of thioether (sulfide) groups is 1. The minimum atomic E-state index is -0.531. The summed E-state index contributed by atoms with van der Waals surface area (Å²) in [6.07, 6.45) is 10.8. The van der Waals surface area contributed by atoms with Gasteiger partial charge >= 0.3 is 0 Å². The summed E-state index contributed by atoms with van der Waals surface area (Å²) in [5.74, 6) is 2.20. The van der Waals surface area contributed by atoms with Crippen molar-refractivity contribution in [3.63, 3.8) is 0 Å². The summed E-state index contributed by atoms with van der Waals surface area (Å²) in [6, 6.07) is 4.48. The predicted octanol–water partition coefficient (Wildman–Crippen LogP) is 5.13. The molecule has 0 N–H and O–H groups in total. The lowest BCUT2D eigenvalue weighted by molar-refractivity contribution is 0.339. The Bertz CT molecular complexity index is 698. The van der Waals surface area contributed by atoms with Crippen molar-refractivity contribution in [3.05, 3.63) is 24.5 Å². The van der Waals surface area contributed by atoms with Crippen LogP contribution in [0.15, 0.2) is 29.7 Å². The van der Waals surface area contributed by atoms with Gasteiger partial charge in [-0.3, -0.25) is 9.55 Å². The zero-order chi connectivity index (χ0) is 16.6. The molecule has 4 rings (SSSR count). The number of alkyl halides is 2. The van der Waals surface area contributed by atoms with Gasteiger partial charge in [0.15, 0.2) is 11.0 Å². The second-order valence-corrected chi connectivity index (χ2v) is 9.21. The molecule has 0 bridgehead atoms. The van der Waals surface area contributed by atoms with E-state index < -0.39 is 4.33 Å². The van der Waals surface area contributed by atoms with Crippen molar-refractivity contribution in [3.8, 4) is 11.4 Å². The fourth-order valence-electron chi connectivity index (χ4n) is 3.37. The number of pyridine rings is 1. The van der Waals surface area contributed by atoms with Gasteiger partial charge in [0.05, 0.1) is 0 Å². The van der Waals surface area contributed by atoms with Crippen LogP contribution in [0.1, 0.15) is 44.6 Å². The SMILES string of the molecule is ClC1(Cl)CC1CSc1nnc(-c2ccncc2)n1C1CCCCC1. The lowest BCUT2D eigenvalue weighted by Crippen LogP contribution is -2.15. The van der Waals surface area contributed by atoms with E-state index in [2.05, 4.69) is 19.7 Å². The summed E-state index contributed by atoms with van der Waals surface area (Å²) >= 11 is 14.1. The van der Waals surface area contributed by atoms with Crippen molar-refractivity contribution >= 4 is 35.0 Å².